The Morgan fingerprint density at radius 3 is 2.68 bits per heavy atom. The number of hydrogen-bond acceptors (Lipinski definition) is 4. The maximum Gasteiger partial charge on any atom is 0.240 e. The van der Waals surface area contributed by atoms with Gasteiger partial charge in [-0.15, -0.1) is 0 Å². The van der Waals surface area contributed by atoms with Crippen molar-refractivity contribution in [2.45, 2.75) is 43.5 Å². The van der Waals surface area contributed by atoms with Crippen molar-refractivity contribution >= 4 is 15.9 Å². The molecule has 1 amide bonds. The van der Waals surface area contributed by atoms with Crippen LogP contribution in [0.4, 0.5) is 0 Å². The molecule has 1 aromatic carbocycles. The number of fused-ring (bicyclic) bond motifs is 1. The summed E-state index contributed by atoms with van der Waals surface area (Å²) in [4.78, 5) is 13.2. The third kappa shape index (κ3) is 3.45. The first kappa shape index (κ1) is 18.4. The number of hydrogen-bond donors (Lipinski definition) is 3. The SMILES string of the molecule is CNS(=O)(=O)c1ccc(C(C)NC(=O)[C@@]23CCCC[C@H]2CNC3)cc1. The number of carbonyl (C=O) groups excluding carboxylic acids is 1. The Morgan fingerprint density at radius 1 is 1.28 bits per heavy atom. The summed E-state index contributed by atoms with van der Waals surface area (Å²) in [6.07, 6.45) is 4.38. The van der Waals surface area contributed by atoms with Crippen LogP contribution in [-0.2, 0) is 14.8 Å². The van der Waals surface area contributed by atoms with E-state index in [2.05, 4.69) is 15.4 Å². The van der Waals surface area contributed by atoms with Gasteiger partial charge in [0.25, 0.3) is 0 Å². The first-order valence-corrected chi connectivity index (χ1v) is 10.4. The summed E-state index contributed by atoms with van der Waals surface area (Å²) in [7, 11) is -2.05. The van der Waals surface area contributed by atoms with Crippen LogP contribution in [0.15, 0.2) is 29.2 Å². The van der Waals surface area contributed by atoms with Gasteiger partial charge < -0.3 is 10.6 Å². The van der Waals surface area contributed by atoms with Crippen LogP contribution in [0.25, 0.3) is 0 Å². The largest absolute Gasteiger partial charge is 0.349 e. The maximum absolute atomic E-state index is 13.0. The molecule has 1 aliphatic heterocycles. The highest BCUT2D eigenvalue weighted by atomic mass is 32.2. The van der Waals surface area contributed by atoms with E-state index in [1.54, 1.807) is 24.3 Å². The van der Waals surface area contributed by atoms with Crippen LogP contribution in [0.2, 0.25) is 0 Å². The molecule has 6 nitrogen and oxygen atoms in total. The topological polar surface area (TPSA) is 87.3 Å². The van der Waals surface area contributed by atoms with Crippen LogP contribution in [0, 0.1) is 11.3 Å². The summed E-state index contributed by atoms with van der Waals surface area (Å²) in [5.41, 5.74) is 0.625. The van der Waals surface area contributed by atoms with Gasteiger partial charge >= 0.3 is 0 Å². The molecule has 7 heteroatoms. The molecule has 1 saturated carbocycles. The highest BCUT2D eigenvalue weighted by molar-refractivity contribution is 7.89. The molecule has 3 N–H and O–H groups in total. The number of rotatable bonds is 5. The average Bonchev–Trinajstić information content (AvgIpc) is 3.07. The molecule has 138 valence electrons. The maximum atomic E-state index is 13.0. The molecule has 0 aromatic heterocycles. The fourth-order valence-electron chi connectivity index (χ4n) is 4.17. The molecule has 1 aromatic rings. The minimum Gasteiger partial charge on any atom is -0.349 e. The zero-order chi connectivity index (χ0) is 18.1. The smallest absolute Gasteiger partial charge is 0.240 e. The third-order valence-electron chi connectivity index (χ3n) is 5.80. The summed E-state index contributed by atoms with van der Waals surface area (Å²) >= 11 is 0. The fraction of sp³-hybridized carbons (Fsp3) is 0.611. The lowest BCUT2D eigenvalue weighted by Gasteiger charge is -2.38. The normalized spacial score (nSPS) is 27.5. The lowest BCUT2D eigenvalue weighted by atomic mass is 9.67. The Balaban J connectivity index is 1.71. The van der Waals surface area contributed by atoms with Gasteiger partial charge in [0.05, 0.1) is 16.4 Å². The van der Waals surface area contributed by atoms with Gasteiger partial charge in [-0.3, -0.25) is 4.79 Å². The number of sulfonamides is 1. The van der Waals surface area contributed by atoms with Crippen molar-refractivity contribution in [1.29, 1.82) is 0 Å². The van der Waals surface area contributed by atoms with Crippen LogP contribution >= 0.6 is 0 Å². The van der Waals surface area contributed by atoms with Gasteiger partial charge in [-0.25, -0.2) is 13.1 Å². The predicted molar refractivity (Wildman–Crippen MR) is 96.5 cm³/mol. The molecule has 1 unspecified atom stereocenters. The molecular formula is C18H27N3O3S. The highest BCUT2D eigenvalue weighted by Gasteiger charge is 2.49. The zero-order valence-electron chi connectivity index (χ0n) is 14.8. The minimum absolute atomic E-state index is 0.127. The molecule has 0 bridgehead atoms. The van der Waals surface area contributed by atoms with Gasteiger partial charge in [0.2, 0.25) is 15.9 Å². The molecule has 1 heterocycles. The summed E-state index contributed by atoms with van der Waals surface area (Å²) in [5.74, 6) is 0.554. The lowest BCUT2D eigenvalue weighted by molar-refractivity contribution is -0.134. The van der Waals surface area contributed by atoms with Crippen molar-refractivity contribution in [3.8, 4) is 0 Å². The Bertz CT molecular complexity index is 732. The Hall–Kier alpha value is -1.44. The Labute approximate surface area is 149 Å². The van der Waals surface area contributed by atoms with Crippen LogP contribution < -0.4 is 15.4 Å². The molecule has 0 spiro atoms. The first-order chi connectivity index (χ1) is 11.9. The quantitative estimate of drug-likeness (QED) is 0.739. The number of carbonyl (C=O) groups is 1. The van der Waals surface area contributed by atoms with Crippen molar-refractivity contribution in [3.05, 3.63) is 29.8 Å². The van der Waals surface area contributed by atoms with E-state index in [0.717, 1.165) is 37.9 Å². The average molecular weight is 365 g/mol. The lowest BCUT2D eigenvalue weighted by Crippen LogP contribution is -2.48. The van der Waals surface area contributed by atoms with Gasteiger partial charge in [0, 0.05) is 6.54 Å². The van der Waals surface area contributed by atoms with Gasteiger partial charge in [-0.05, 0) is 57.0 Å². The van der Waals surface area contributed by atoms with Crippen molar-refractivity contribution in [1.82, 2.24) is 15.4 Å². The second-order valence-electron chi connectivity index (χ2n) is 7.20. The van der Waals surface area contributed by atoms with Crippen LogP contribution in [-0.4, -0.2) is 34.5 Å². The summed E-state index contributed by atoms with van der Waals surface area (Å²) in [5, 5.41) is 6.55. The molecule has 1 saturated heterocycles. The summed E-state index contributed by atoms with van der Waals surface area (Å²) < 4.78 is 25.9. The van der Waals surface area contributed by atoms with E-state index in [1.807, 2.05) is 6.92 Å². The third-order valence-corrected chi connectivity index (χ3v) is 7.23. The van der Waals surface area contributed by atoms with Crippen LogP contribution in [0.3, 0.4) is 0 Å². The van der Waals surface area contributed by atoms with Crippen molar-refractivity contribution in [2.75, 3.05) is 20.1 Å². The van der Waals surface area contributed by atoms with Crippen molar-refractivity contribution < 1.29 is 13.2 Å². The molecule has 2 aliphatic rings. The van der Waals surface area contributed by atoms with Gasteiger partial charge in [-0.1, -0.05) is 25.0 Å². The van der Waals surface area contributed by atoms with Gasteiger partial charge in [0.15, 0.2) is 0 Å². The second-order valence-corrected chi connectivity index (χ2v) is 9.09. The molecule has 1 aliphatic carbocycles. The van der Waals surface area contributed by atoms with E-state index < -0.39 is 10.0 Å². The van der Waals surface area contributed by atoms with E-state index >= 15 is 0 Å². The van der Waals surface area contributed by atoms with Crippen molar-refractivity contribution in [3.63, 3.8) is 0 Å². The van der Waals surface area contributed by atoms with Crippen LogP contribution in [0.1, 0.15) is 44.2 Å². The molecule has 0 radical (unpaired) electrons. The van der Waals surface area contributed by atoms with E-state index in [-0.39, 0.29) is 22.3 Å². The monoisotopic (exact) mass is 365 g/mol. The van der Waals surface area contributed by atoms with E-state index in [0.29, 0.717) is 5.92 Å². The Morgan fingerprint density at radius 2 is 2.00 bits per heavy atom. The molecule has 2 fully saturated rings. The van der Waals surface area contributed by atoms with Gasteiger partial charge in [-0.2, -0.15) is 0 Å². The molecular weight excluding hydrogens is 338 g/mol. The number of benzene rings is 1. The molecule has 25 heavy (non-hydrogen) atoms. The zero-order valence-corrected chi connectivity index (χ0v) is 15.7. The summed E-state index contributed by atoms with van der Waals surface area (Å²) in [6.45, 7) is 3.63. The van der Waals surface area contributed by atoms with Crippen LogP contribution in [0.5, 0.6) is 0 Å². The van der Waals surface area contributed by atoms with Crippen molar-refractivity contribution in [2.24, 2.45) is 11.3 Å². The van der Waals surface area contributed by atoms with E-state index in [1.165, 1.54) is 13.5 Å². The molecule has 3 atom stereocenters. The van der Waals surface area contributed by atoms with E-state index in [9.17, 15) is 13.2 Å². The highest BCUT2D eigenvalue weighted by Crippen LogP contribution is 2.44. The summed E-state index contributed by atoms with van der Waals surface area (Å²) in [6, 6.07) is 6.51. The minimum atomic E-state index is -3.44. The predicted octanol–water partition coefficient (Wildman–Crippen LogP) is 1.55. The standard InChI is InChI=1S/C18H27N3O3S/c1-13(14-6-8-16(9-7-14)25(23,24)19-2)21-17(22)18-10-4-3-5-15(18)11-20-12-18/h6-9,13,15,19-20H,3-5,10-12H2,1-2H3,(H,21,22)/t13?,15-,18+/m0/s1. The number of nitrogens with one attached hydrogen (secondary N) is 3. The molecule has 3 rings (SSSR count). The van der Waals surface area contributed by atoms with E-state index in [4.69, 9.17) is 0 Å². The Kier molecular flexibility index (Phi) is 5.18. The fourth-order valence-corrected chi connectivity index (χ4v) is 4.90. The number of amides is 1. The first-order valence-electron chi connectivity index (χ1n) is 8.94. The van der Waals surface area contributed by atoms with Gasteiger partial charge in [0.1, 0.15) is 0 Å². The second kappa shape index (κ2) is 7.05.